The molecule has 0 unspecified atom stereocenters. The molecule has 0 saturated heterocycles. The van der Waals surface area contributed by atoms with E-state index in [1.165, 1.54) is 24.3 Å². The number of carbonyl (C=O) groups is 2. The number of hydrogen-bond donors (Lipinski definition) is 1. The average Bonchev–Trinajstić information content (AvgIpc) is 2.04. The Morgan fingerprint density at radius 2 is 1.46 bits per heavy atom. The molecule has 0 bridgehead atoms. The predicted molar refractivity (Wildman–Crippen MR) is 50.3 cm³/mol. The molecule has 13 heavy (non-hydrogen) atoms. The molecule has 1 rings (SSSR count). The lowest BCUT2D eigenvalue weighted by Crippen LogP contribution is -1.96. The highest BCUT2D eigenvalue weighted by atomic mass is 35.5. The number of hydrogen-bond acceptors (Lipinski definition) is 2. The van der Waals surface area contributed by atoms with Crippen molar-refractivity contribution in [3.8, 4) is 0 Å². The molecule has 0 aliphatic carbocycles. The molecule has 0 saturated carbocycles. The number of aromatic carboxylic acids is 1. The van der Waals surface area contributed by atoms with Gasteiger partial charge >= 0.3 is 5.97 Å². The van der Waals surface area contributed by atoms with Crippen LogP contribution in [0.1, 0.15) is 28.1 Å². The van der Waals surface area contributed by atoms with Gasteiger partial charge in [0.2, 0.25) is 0 Å². The van der Waals surface area contributed by atoms with Crippen LogP contribution in [0, 0.1) is 0 Å². The quantitative estimate of drug-likeness (QED) is 0.746. The monoisotopic (exact) mass is 200 g/mol. The second-order valence-electron chi connectivity index (χ2n) is 2.16. The number of benzene rings is 1. The maximum Gasteiger partial charge on any atom is 0.335 e. The molecule has 0 fully saturated rings. The third-order valence-corrected chi connectivity index (χ3v) is 1.58. The Morgan fingerprint density at radius 3 is 1.77 bits per heavy atom. The first kappa shape index (κ1) is 11.6. The average molecular weight is 201 g/mol. The molecule has 1 N–H and O–H groups in total. The molecule has 3 nitrogen and oxygen atoms in total. The van der Waals surface area contributed by atoms with Gasteiger partial charge < -0.3 is 5.11 Å². The summed E-state index contributed by atoms with van der Waals surface area (Å²) in [7, 11) is 0. The highest BCUT2D eigenvalue weighted by molar-refractivity contribution is 6.67. The second kappa shape index (κ2) is 4.62. The molecule has 0 aromatic heterocycles. The first-order chi connectivity index (χ1) is 5.61. The summed E-state index contributed by atoms with van der Waals surface area (Å²) in [6.07, 6.45) is 0. The maximum absolute atomic E-state index is 10.5. The molecule has 0 spiro atoms. The van der Waals surface area contributed by atoms with Gasteiger partial charge in [-0.1, -0.05) is 7.43 Å². The van der Waals surface area contributed by atoms with E-state index < -0.39 is 11.2 Å². The van der Waals surface area contributed by atoms with Gasteiger partial charge in [-0.3, -0.25) is 4.79 Å². The summed E-state index contributed by atoms with van der Waals surface area (Å²) in [5.74, 6) is -1.02. The van der Waals surface area contributed by atoms with E-state index in [-0.39, 0.29) is 13.0 Å². The van der Waals surface area contributed by atoms with E-state index in [1.54, 1.807) is 0 Å². The van der Waals surface area contributed by atoms with Crippen LogP contribution in [0.15, 0.2) is 24.3 Å². The van der Waals surface area contributed by atoms with Gasteiger partial charge in [0, 0.05) is 5.56 Å². The SMILES string of the molecule is C.O=C(O)c1ccc(C(=O)Cl)cc1. The molecular formula is C9H9ClO3. The third-order valence-electron chi connectivity index (χ3n) is 1.36. The molecule has 0 aliphatic heterocycles. The van der Waals surface area contributed by atoms with E-state index in [0.29, 0.717) is 5.56 Å². The lowest BCUT2D eigenvalue weighted by atomic mass is 10.1. The van der Waals surface area contributed by atoms with Crippen molar-refractivity contribution < 1.29 is 14.7 Å². The van der Waals surface area contributed by atoms with Crippen LogP contribution >= 0.6 is 11.6 Å². The summed E-state index contributed by atoms with van der Waals surface area (Å²) in [4.78, 5) is 20.9. The van der Waals surface area contributed by atoms with Crippen molar-refractivity contribution in [3.05, 3.63) is 35.4 Å². The van der Waals surface area contributed by atoms with Gasteiger partial charge in [-0.05, 0) is 35.9 Å². The van der Waals surface area contributed by atoms with E-state index in [2.05, 4.69) is 0 Å². The van der Waals surface area contributed by atoms with Gasteiger partial charge in [-0.25, -0.2) is 4.79 Å². The van der Waals surface area contributed by atoms with Crippen molar-refractivity contribution in [2.45, 2.75) is 7.43 Å². The number of carboxylic acid groups (broad SMARTS) is 1. The number of rotatable bonds is 2. The van der Waals surface area contributed by atoms with E-state index in [0.717, 1.165) is 0 Å². The maximum atomic E-state index is 10.5. The van der Waals surface area contributed by atoms with Crippen LogP contribution in [-0.4, -0.2) is 16.3 Å². The molecule has 0 radical (unpaired) electrons. The Hall–Kier alpha value is -1.35. The standard InChI is InChI=1S/C8H5ClO3.CH4/c9-7(10)5-1-3-6(4-2-5)8(11)12;/h1-4H,(H,11,12);1H4. The van der Waals surface area contributed by atoms with Gasteiger partial charge in [0.25, 0.3) is 5.24 Å². The van der Waals surface area contributed by atoms with Gasteiger partial charge in [0.05, 0.1) is 5.56 Å². The van der Waals surface area contributed by atoms with Crippen molar-refractivity contribution in [1.82, 2.24) is 0 Å². The zero-order valence-electron chi connectivity index (χ0n) is 5.95. The Balaban J connectivity index is 0.00000144. The summed E-state index contributed by atoms with van der Waals surface area (Å²) in [6, 6.07) is 5.41. The van der Waals surface area contributed by atoms with Crippen molar-refractivity contribution in [3.63, 3.8) is 0 Å². The minimum Gasteiger partial charge on any atom is -0.478 e. The van der Waals surface area contributed by atoms with Crippen LogP contribution < -0.4 is 0 Å². The Morgan fingerprint density at radius 1 is 1.08 bits per heavy atom. The molecule has 1 aromatic carbocycles. The lowest BCUT2D eigenvalue weighted by Gasteiger charge is -1.94. The highest BCUT2D eigenvalue weighted by Gasteiger charge is 2.04. The number of carbonyl (C=O) groups excluding carboxylic acids is 1. The molecule has 0 aliphatic rings. The van der Waals surface area contributed by atoms with Crippen LogP contribution in [0.25, 0.3) is 0 Å². The van der Waals surface area contributed by atoms with Crippen molar-refractivity contribution in [2.75, 3.05) is 0 Å². The topological polar surface area (TPSA) is 54.4 Å². The molecule has 1 aromatic rings. The molecule has 0 atom stereocenters. The Labute approximate surface area is 81.0 Å². The van der Waals surface area contributed by atoms with E-state index in [9.17, 15) is 9.59 Å². The van der Waals surface area contributed by atoms with Crippen molar-refractivity contribution in [2.24, 2.45) is 0 Å². The lowest BCUT2D eigenvalue weighted by molar-refractivity contribution is 0.0696. The highest BCUT2D eigenvalue weighted by Crippen LogP contribution is 2.06. The van der Waals surface area contributed by atoms with E-state index in [4.69, 9.17) is 16.7 Å². The summed E-state index contributed by atoms with van der Waals surface area (Å²) >= 11 is 5.15. The summed E-state index contributed by atoms with van der Waals surface area (Å²) < 4.78 is 0. The summed E-state index contributed by atoms with van der Waals surface area (Å²) in [6.45, 7) is 0. The third kappa shape index (κ3) is 2.87. The van der Waals surface area contributed by atoms with Gasteiger partial charge in [-0.2, -0.15) is 0 Å². The first-order valence-corrected chi connectivity index (χ1v) is 3.52. The fourth-order valence-corrected chi connectivity index (χ4v) is 0.870. The first-order valence-electron chi connectivity index (χ1n) is 3.14. The number of halogens is 1. The Bertz CT molecular complexity index is 283. The predicted octanol–water partition coefficient (Wildman–Crippen LogP) is 2.40. The number of carboxylic acids is 1. The molecular weight excluding hydrogens is 192 g/mol. The van der Waals surface area contributed by atoms with E-state index in [1.807, 2.05) is 0 Å². The summed E-state index contributed by atoms with van der Waals surface area (Å²) in [5.41, 5.74) is 0.429. The molecule has 0 amide bonds. The van der Waals surface area contributed by atoms with Crippen LogP contribution in [0.4, 0.5) is 0 Å². The minimum absolute atomic E-state index is 0. The smallest absolute Gasteiger partial charge is 0.335 e. The fourth-order valence-electron chi connectivity index (χ4n) is 0.744. The normalized spacial score (nSPS) is 8.69. The largest absolute Gasteiger partial charge is 0.478 e. The van der Waals surface area contributed by atoms with Crippen LogP contribution in [0.5, 0.6) is 0 Å². The zero-order valence-corrected chi connectivity index (χ0v) is 6.71. The zero-order chi connectivity index (χ0) is 9.14. The van der Waals surface area contributed by atoms with E-state index >= 15 is 0 Å². The summed E-state index contributed by atoms with van der Waals surface area (Å²) in [5, 5.41) is 7.91. The van der Waals surface area contributed by atoms with Crippen molar-refractivity contribution in [1.29, 1.82) is 0 Å². The Kier molecular flexibility index (Phi) is 4.14. The van der Waals surface area contributed by atoms with Crippen molar-refractivity contribution >= 4 is 22.8 Å². The minimum atomic E-state index is -1.02. The fraction of sp³-hybridized carbons (Fsp3) is 0.111. The van der Waals surface area contributed by atoms with Gasteiger partial charge in [0.1, 0.15) is 0 Å². The molecule has 4 heteroatoms. The molecule has 0 heterocycles. The van der Waals surface area contributed by atoms with Crippen LogP contribution in [0.3, 0.4) is 0 Å². The molecule has 70 valence electrons. The van der Waals surface area contributed by atoms with Gasteiger partial charge in [-0.15, -0.1) is 0 Å². The van der Waals surface area contributed by atoms with Crippen LogP contribution in [-0.2, 0) is 0 Å². The van der Waals surface area contributed by atoms with Crippen LogP contribution in [0.2, 0.25) is 0 Å². The second-order valence-corrected chi connectivity index (χ2v) is 2.50. The van der Waals surface area contributed by atoms with Gasteiger partial charge in [0.15, 0.2) is 0 Å².